The predicted molar refractivity (Wildman–Crippen MR) is 72.1 cm³/mol. The number of benzene rings is 1. The molecule has 0 spiro atoms. The number of hydrogen-bond acceptors (Lipinski definition) is 6. The summed E-state index contributed by atoms with van der Waals surface area (Å²) in [7, 11) is 0. The van der Waals surface area contributed by atoms with Gasteiger partial charge in [-0.25, -0.2) is 14.2 Å². The number of esters is 1. The van der Waals surface area contributed by atoms with Crippen LogP contribution in [0.4, 0.5) is 9.52 Å². The van der Waals surface area contributed by atoms with Gasteiger partial charge in [0.25, 0.3) is 5.91 Å². The number of carbonyl (C=O) groups is 2. The fourth-order valence-corrected chi connectivity index (χ4v) is 1.94. The van der Waals surface area contributed by atoms with Gasteiger partial charge in [0.1, 0.15) is 5.82 Å². The molecule has 0 aliphatic carbocycles. The molecular formula is C13H8FN3O3S. The molecule has 0 atom stereocenters. The third-order valence-corrected chi connectivity index (χ3v) is 3.02. The standard InChI is InChI=1S/C13H8FN3O3S/c14-10-5-8(6-15)1-2-9(10)12(19)20-7-11(18)17-13-16-3-4-21-13/h1-5H,7H2,(H,16,17,18). The summed E-state index contributed by atoms with van der Waals surface area (Å²) in [6.45, 7) is -0.558. The zero-order valence-corrected chi connectivity index (χ0v) is 11.3. The lowest BCUT2D eigenvalue weighted by molar-refractivity contribution is -0.119. The maximum Gasteiger partial charge on any atom is 0.341 e. The molecule has 6 nitrogen and oxygen atoms in total. The van der Waals surface area contributed by atoms with E-state index in [1.807, 2.05) is 0 Å². The maximum atomic E-state index is 13.6. The highest BCUT2D eigenvalue weighted by atomic mass is 32.1. The molecule has 8 heteroatoms. The van der Waals surface area contributed by atoms with Crippen LogP contribution in [0.25, 0.3) is 0 Å². The Morgan fingerprint density at radius 2 is 2.29 bits per heavy atom. The summed E-state index contributed by atoms with van der Waals surface area (Å²) in [5, 5.41) is 13.1. The summed E-state index contributed by atoms with van der Waals surface area (Å²) >= 11 is 1.21. The van der Waals surface area contributed by atoms with E-state index in [9.17, 15) is 14.0 Å². The van der Waals surface area contributed by atoms with E-state index in [0.29, 0.717) is 5.13 Å². The third-order valence-electron chi connectivity index (χ3n) is 2.33. The van der Waals surface area contributed by atoms with Crippen molar-refractivity contribution in [2.24, 2.45) is 0 Å². The lowest BCUT2D eigenvalue weighted by Crippen LogP contribution is -2.21. The second kappa shape index (κ2) is 6.58. The van der Waals surface area contributed by atoms with Gasteiger partial charge >= 0.3 is 5.97 Å². The van der Waals surface area contributed by atoms with Crippen LogP contribution >= 0.6 is 11.3 Å². The molecule has 0 radical (unpaired) electrons. The molecule has 21 heavy (non-hydrogen) atoms. The fourth-order valence-electron chi connectivity index (χ4n) is 1.40. The Labute approximate surface area is 122 Å². The van der Waals surface area contributed by atoms with Gasteiger partial charge in [-0.15, -0.1) is 11.3 Å². The van der Waals surface area contributed by atoms with Crippen LogP contribution in [0.1, 0.15) is 15.9 Å². The molecule has 1 N–H and O–H groups in total. The number of ether oxygens (including phenoxy) is 1. The van der Waals surface area contributed by atoms with Gasteiger partial charge in [-0.1, -0.05) is 0 Å². The first-order valence-corrected chi connectivity index (χ1v) is 6.54. The molecule has 106 valence electrons. The molecule has 1 aromatic heterocycles. The number of rotatable bonds is 4. The second-order valence-corrected chi connectivity index (χ2v) is 4.66. The maximum absolute atomic E-state index is 13.6. The Morgan fingerprint density at radius 1 is 1.48 bits per heavy atom. The number of nitriles is 1. The van der Waals surface area contributed by atoms with Crippen LogP contribution < -0.4 is 5.32 Å². The van der Waals surface area contributed by atoms with Gasteiger partial charge in [-0.05, 0) is 18.2 Å². The van der Waals surface area contributed by atoms with Crippen molar-refractivity contribution in [2.45, 2.75) is 0 Å². The van der Waals surface area contributed by atoms with Crippen LogP contribution in [-0.2, 0) is 9.53 Å². The summed E-state index contributed by atoms with van der Waals surface area (Å²) in [5.74, 6) is -2.43. The number of aromatic nitrogens is 1. The minimum atomic E-state index is -0.980. The number of nitrogens with one attached hydrogen (secondary N) is 1. The van der Waals surface area contributed by atoms with Gasteiger partial charge in [-0.2, -0.15) is 5.26 Å². The van der Waals surface area contributed by atoms with Gasteiger partial charge in [0.15, 0.2) is 11.7 Å². The Kier molecular flexibility index (Phi) is 4.58. The highest BCUT2D eigenvalue weighted by molar-refractivity contribution is 7.13. The number of halogens is 1. The molecule has 1 heterocycles. The number of amides is 1. The van der Waals surface area contributed by atoms with E-state index in [1.165, 1.54) is 23.6 Å². The molecule has 0 saturated carbocycles. The topological polar surface area (TPSA) is 92.1 Å². The molecule has 2 rings (SSSR count). The van der Waals surface area contributed by atoms with E-state index in [1.54, 1.807) is 11.4 Å². The van der Waals surface area contributed by atoms with Crippen molar-refractivity contribution < 1.29 is 18.7 Å². The van der Waals surface area contributed by atoms with Crippen molar-refractivity contribution >= 4 is 28.3 Å². The third kappa shape index (κ3) is 3.84. The second-order valence-electron chi connectivity index (χ2n) is 3.77. The Hall–Kier alpha value is -2.79. The number of carbonyl (C=O) groups excluding carboxylic acids is 2. The monoisotopic (exact) mass is 305 g/mol. The highest BCUT2D eigenvalue weighted by Crippen LogP contribution is 2.12. The fraction of sp³-hybridized carbons (Fsp3) is 0.0769. The van der Waals surface area contributed by atoms with Gasteiger partial charge in [0.05, 0.1) is 17.2 Å². The molecule has 1 amide bonds. The number of anilines is 1. The largest absolute Gasteiger partial charge is 0.452 e. The van der Waals surface area contributed by atoms with Gasteiger partial charge in [0, 0.05) is 11.6 Å². The summed E-state index contributed by atoms with van der Waals surface area (Å²) in [6.07, 6.45) is 1.51. The summed E-state index contributed by atoms with van der Waals surface area (Å²) in [4.78, 5) is 26.9. The lowest BCUT2D eigenvalue weighted by atomic mass is 10.1. The summed E-state index contributed by atoms with van der Waals surface area (Å²) < 4.78 is 18.3. The number of nitrogens with zero attached hydrogens (tertiary/aromatic N) is 2. The van der Waals surface area contributed by atoms with Gasteiger partial charge in [-0.3, -0.25) is 10.1 Å². The van der Waals surface area contributed by atoms with Crippen molar-refractivity contribution in [3.8, 4) is 6.07 Å². The zero-order chi connectivity index (χ0) is 15.2. The van der Waals surface area contributed by atoms with Crippen LogP contribution in [0, 0.1) is 17.1 Å². The quantitative estimate of drug-likeness (QED) is 0.872. The van der Waals surface area contributed by atoms with Crippen molar-refractivity contribution in [2.75, 3.05) is 11.9 Å². The average Bonchev–Trinajstić information content (AvgIpc) is 2.97. The van der Waals surface area contributed by atoms with Crippen molar-refractivity contribution in [1.82, 2.24) is 4.98 Å². The predicted octanol–water partition coefficient (Wildman–Crippen LogP) is 1.95. The molecule has 1 aromatic carbocycles. The van der Waals surface area contributed by atoms with E-state index in [2.05, 4.69) is 10.3 Å². The summed E-state index contributed by atoms with van der Waals surface area (Å²) in [5.41, 5.74) is -0.249. The number of thiazole rings is 1. The van der Waals surface area contributed by atoms with Crippen LogP contribution in [0.3, 0.4) is 0 Å². The van der Waals surface area contributed by atoms with Crippen LogP contribution in [0.2, 0.25) is 0 Å². The van der Waals surface area contributed by atoms with Crippen LogP contribution in [0.15, 0.2) is 29.8 Å². The van der Waals surface area contributed by atoms with E-state index in [0.717, 1.165) is 12.1 Å². The first-order valence-electron chi connectivity index (χ1n) is 5.66. The average molecular weight is 305 g/mol. The highest BCUT2D eigenvalue weighted by Gasteiger charge is 2.15. The van der Waals surface area contributed by atoms with Crippen molar-refractivity contribution in [1.29, 1.82) is 5.26 Å². The molecule has 0 unspecified atom stereocenters. The Balaban J connectivity index is 1.93. The normalized spacial score (nSPS) is 9.71. The molecule has 0 bridgehead atoms. The first kappa shape index (κ1) is 14.6. The van der Waals surface area contributed by atoms with Crippen LogP contribution in [0.5, 0.6) is 0 Å². The minimum absolute atomic E-state index is 0.0885. The summed E-state index contributed by atoms with van der Waals surface area (Å²) in [6, 6.07) is 5.09. The van der Waals surface area contributed by atoms with Gasteiger partial charge < -0.3 is 4.74 Å². The van der Waals surface area contributed by atoms with E-state index in [4.69, 9.17) is 10.00 Å². The minimum Gasteiger partial charge on any atom is -0.452 e. The van der Waals surface area contributed by atoms with E-state index >= 15 is 0 Å². The van der Waals surface area contributed by atoms with E-state index < -0.39 is 24.3 Å². The Morgan fingerprint density at radius 3 is 2.90 bits per heavy atom. The molecule has 0 aliphatic rings. The zero-order valence-electron chi connectivity index (χ0n) is 10.5. The van der Waals surface area contributed by atoms with Crippen molar-refractivity contribution in [3.63, 3.8) is 0 Å². The number of hydrogen-bond donors (Lipinski definition) is 1. The SMILES string of the molecule is N#Cc1ccc(C(=O)OCC(=O)Nc2nccs2)c(F)c1. The first-order chi connectivity index (χ1) is 10.1. The molecule has 2 aromatic rings. The molecule has 0 saturated heterocycles. The lowest BCUT2D eigenvalue weighted by Gasteiger charge is -2.05. The molecule has 0 fully saturated rings. The van der Waals surface area contributed by atoms with Crippen molar-refractivity contribution in [3.05, 3.63) is 46.7 Å². The van der Waals surface area contributed by atoms with Gasteiger partial charge in [0.2, 0.25) is 0 Å². The smallest absolute Gasteiger partial charge is 0.341 e. The molecular weight excluding hydrogens is 297 g/mol. The van der Waals surface area contributed by atoms with E-state index in [-0.39, 0.29) is 11.1 Å². The molecule has 0 aliphatic heterocycles. The van der Waals surface area contributed by atoms with Crippen LogP contribution in [-0.4, -0.2) is 23.5 Å². The Bertz CT molecular complexity index is 710.